The summed E-state index contributed by atoms with van der Waals surface area (Å²) in [5, 5.41) is 1.86. The normalized spacial score (nSPS) is 11.6. The molecule has 0 aliphatic carbocycles. The number of ether oxygens (including phenoxy) is 2. The Bertz CT molecular complexity index is 2550. The Morgan fingerprint density at radius 3 is 1.39 bits per heavy atom. The van der Waals surface area contributed by atoms with Crippen LogP contribution < -0.4 is 9.47 Å². The Morgan fingerprint density at radius 2 is 0.982 bits per heavy atom. The second-order valence-electron chi connectivity index (χ2n) is 15.8. The fourth-order valence-electron chi connectivity index (χ4n) is 6.67. The third-order valence-electron chi connectivity index (χ3n) is 9.46. The summed E-state index contributed by atoms with van der Waals surface area (Å²) >= 11 is 0. The summed E-state index contributed by atoms with van der Waals surface area (Å²) in [4.78, 5) is 22.4. The number of hydrogen-bond acceptors (Lipinski definition) is 7. The summed E-state index contributed by atoms with van der Waals surface area (Å²) in [7, 11) is 0. The number of aryl methyl sites for hydroxylation is 2. The molecule has 0 bridgehead atoms. The van der Waals surface area contributed by atoms with Crippen molar-refractivity contribution in [2.75, 3.05) is 0 Å². The molecule has 8 nitrogen and oxygen atoms in total. The number of pyridine rings is 2. The monoisotopic (exact) mass is 1020 g/mol. The van der Waals surface area contributed by atoms with E-state index in [2.05, 4.69) is 117 Å². The van der Waals surface area contributed by atoms with Crippen LogP contribution in [-0.4, -0.2) is 29.5 Å². The molecular weight excluding hydrogens is 982 g/mol. The molecule has 0 spiro atoms. The average molecular weight is 1020 g/mol. The maximum absolute atomic E-state index is 6.68. The quantitative estimate of drug-likeness (QED) is 0.116. The van der Waals surface area contributed by atoms with E-state index in [9.17, 15) is 0 Å². The largest absolute Gasteiger partial charge is 2.00 e. The SMILES string of the molecule is Cc1ccnc(-c2[c-]c(Oc3[c-]c4c(cc3)c3ccc(Oc5[c-]c(-c6cc(C)ccn6)ccc5C(C)(C)C)[c-]c3n4-c3ncncn3)c(C(C)(C)C)cc2)c1.[Pd+2].[Pt+2]. The van der Waals surface area contributed by atoms with Gasteiger partial charge in [-0.3, -0.25) is 0 Å². The maximum Gasteiger partial charge on any atom is 2.00 e. The Morgan fingerprint density at radius 1 is 0.544 bits per heavy atom. The van der Waals surface area contributed by atoms with Crippen LogP contribution in [0.1, 0.15) is 63.8 Å². The molecule has 0 fully saturated rings. The fourth-order valence-corrected chi connectivity index (χ4v) is 6.67. The average Bonchev–Trinajstić information content (AvgIpc) is 3.47. The molecule has 4 heterocycles. The van der Waals surface area contributed by atoms with Crippen molar-refractivity contribution in [1.82, 2.24) is 29.5 Å². The van der Waals surface area contributed by atoms with Crippen molar-refractivity contribution in [3.63, 3.8) is 0 Å². The van der Waals surface area contributed by atoms with Crippen LogP contribution in [-0.2, 0) is 52.3 Å². The topological polar surface area (TPSA) is 87.8 Å². The number of benzene rings is 4. The van der Waals surface area contributed by atoms with E-state index >= 15 is 0 Å². The maximum atomic E-state index is 6.68. The van der Waals surface area contributed by atoms with E-state index in [0.29, 0.717) is 28.9 Å². The molecule has 8 rings (SSSR count). The molecule has 4 aromatic carbocycles. The Balaban J connectivity index is 0.00000275. The molecule has 57 heavy (non-hydrogen) atoms. The molecule has 290 valence electrons. The van der Waals surface area contributed by atoms with Crippen LogP contribution >= 0.6 is 0 Å². The molecule has 0 amide bonds. The van der Waals surface area contributed by atoms with Gasteiger partial charge in [0.1, 0.15) is 12.7 Å². The minimum Gasteiger partial charge on any atom is -0.503 e. The van der Waals surface area contributed by atoms with Crippen LogP contribution in [0.25, 0.3) is 50.3 Å². The van der Waals surface area contributed by atoms with Crippen molar-refractivity contribution in [3.8, 4) is 51.5 Å². The van der Waals surface area contributed by atoms with Crippen molar-refractivity contribution in [3.05, 3.63) is 144 Å². The molecule has 8 aromatic rings. The summed E-state index contributed by atoms with van der Waals surface area (Å²) in [5.41, 5.74) is 8.65. The smallest absolute Gasteiger partial charge is 0.503 e. The van der Waals surface area contributed by atoms with Crippen LogP contribution in [0.2, 0.25) is 0 Å². The first kappa shape index (κ1) is 41.6. The van der Waals surface area contributed by atoms with Crippen molar-refractivity contribution >= 4 is 21.8 Å². The van der Waals surface area contributed by atoms with Gasteiger partial charge in [-0.05, 0) is 48.2 Å². The van der Waals surface area contributed by atoms with Crippen LogP contribution in [0.4, 0.5) is 0 Å². The standard InChI is InChI=1S/C47H40N6O2.Pd.Pt/c1-29-17-19-49-39(21-29)31-9-15-37(46(3,4)5)43(23-31)54-33-11-13-35-36-14-12-34(26-42(36)53(41(35)25-33)45-51-27-48-28-52-45)55-44-24-32(10-16-38(44)47(6,7)8)40-22-30(2)18-20-50-40;;/h9-22,27-28H,1-8H3;;/q-4;2*+2. The fraction of sp³-hybridized carbons (Fsp3) is 0.213. The van der Waals surface area contributed by atoms with Crippen LogP contribution in [0.15, 0.2) is 97.8 Å². The first-order valence-electron chi connectivity index (χ1n) is 18.2. The predicted octanol–water partition coefficient (Wildman–Crippen LogP) is 11.1. The van der Waals surface area contributed by atoms with Crippen LogP contribution in [0.3, 0.4) is 0 Å². The minimum atomic E-state index is -0.208. The van der Waals surface area contributed by atoms with Gasteiger partial charge >= 0.3 is 41.5 Å². The van der Waals surface area contributed by atoms with Gasteiger partial charge in [-0.15, -0.1) is 59.7 Å². The zero-order valence-corrected chi connectivity index (χ0v) is 36.7. The molecule has 0 atom stereocenters. The first-order valence-corrected chi connectivity index (χ1v) is 18.2. The van der Waals surface area contributed by atoms with E-state index in [4.69, 9.17) is 9.47 Å². The van der Waals surface area contributed by atoms with Gasteiger partial charge in [0.15, 0.2) is 0 Å². The Kier molecular flexibility index (Phi) is 12.0. The Hall–Kier alpha value is -5.06. The molecule has 0 unspecified atom stereocenters. The van der Waals surface area contributed by atoms with E-state index in [1.807, 2.05) is 77.6 Å². The van der Waals surface area contributed by atoms with E-state index in [0.717, 1.165) is 66.6 Å². The van der Waals surface area contributed by atoms with E-state index in [-0.39, 0.29) is 52.3 Å². The molecule has 0 aliphatic rings. The molecule has 0 radical (unpaired) electrons. The van der Waals surface area contributed by atoms with Gasteiger partial charge in [0.2, 0.25) is 5.95 Å². The van der Waals surface area contributed by atoms with Crippen molar-refractivity contribution in [2.45, 2.75) is 66.2 Å². The van der Waals surface area contributed by atoms with E-state index in [1.54, 1.807) is 0 Å². The number of hydrogen-bond donors (Lipinski definition) is 0. The summed E-state index contributed by atoms with van der Waals surface area (Å²) < 4.78 is 15.3. The molecule has 4 aromatic heterocycles. The van der Waals surface area contributed by atoms with Gasteiger partial charge < -0.3 is 24.0 Å². The Labute approximate surface area is 362 Å². The van der Waals surface area contributed by atoms with E-state index < -0.39 is 0 Å². The zero-order valence-electron chi connectivity index (χ0n) is 32.9. The predicted molar refractivity (Wildman–Crippen MR) is 216 cm³/mol. The molecule has 0 saturated carbocycles. The minimum absolute atomic E-state index is 0. The zero-order chi connectivity index (χ0) is 38.5. The van der Waals surface area contributed by atoms with E-state index in [1.165, 1.54) is 12.7 Å². The molecule has 0 aliphatic heterocycles. The number of fused-ring (bicyclic) bond motifs is 3. The summed E-state index contributed by atoms with van der Waals surface area (Å²) in [6.07, 6.45) is 6.58. The number of rotatable bonds is 7. The van der Waals surface area contributed by atoms with Gasteiger partial charge in [-0.25, -0.2) is 15.0 Å². The van der Waals surface area contributed by atoms with Gasteiger partial charge in [0, 0.05) is 35.4 Å². The summed E-state index contributed by atoms with van der Waals surface area (Å²) in [6.45, 7) is 17.1. The first-order chi connectivity index (χ1) is 26.3. The van der Waals surface area contributed by atoms with Gasteiger partial charge in [0.25, 0.3) is 0 Å². The van der Waals surface area contributed by atoms with Crippen molar-refractivity contribution < 1.29 is 51.0 Å². The van der Waals surface area contributed by atoms with Crippen molar-refractivity contribution in [2.24, 2.45) is 0 Å². The summed E-state index contributed by atoms with van der Waals surface area (Å²) in [5.74, 6) is 2.68. The molecule has 0 N–H and O–H groups in total. The van der Waals surface area contributed by atoms with Crippen LogP contribution in [0, 0.1) is 38.1 Å². The van der Waals surface area contributed by atoms with Gasteiger partial charge in [-0.1, -0.05) is 99.1 Å². The third-order valence-corrected chi connectivity index (χ3v) is 9.46. The van der Waals surface area contributed by atoms with Crippen LogP contribution in [0.5, 0.6) is 23.0 Å². The number of aromatic nitrogens is 6. The third kappa shape index (κ3) is 8.62. The molecule has 10 heteroatoms. The molecule has 0 saturated heterocycles. The summed E-state index contributed by atoms with van der Waals surface area (Å²) in [6, 6.07) is 38.4. The molecular formula is C47H40N6O2PdPt. The second kappa shape index (κ2) is 16.4. The number of nitrogens with zero attached hydrogens (tertiary/aromatic N) is 6. The van der Waals surface area contributed by atoms with Gasteiger partial charge in [0.05, 0.1) is 0 Å². The van der Waals surface area contributed by atoms with Crippen molar-refractivity contribution in [1.29, 1.82) is 0 Å². The second-order valence-corrected chi connectivity index (χ2v) is 15.8. The van der Waals surface area contributed by atoms with Gasteiger partial charge in [-0.2, -0.15) is 22.9 Å².